The zero-order chi connectivity index (χ0) is 12.0. The highest BCUT2D eigenvalue weighted by Crippen LogP contribution is 2.32. The summed E-state index contributed by atoms with van der Waals surface area (Å²) in [5.41, 5.74) is 0.435. The lowest BCUT2D eigenvalue weighted by molar-refractivity contribution is -0.116. The molecule has 1 heterocycles. The first-order valence-electron chi connectivity index (χ1n) is 5.56. The van der Waals surface area contributed by atoms with E-state index in [0.29, 0.717) is 5.69 Å². The molecule has 0 bridgehead atoms. The van der Waals surface area contributed by atoms with Crippen molar-refractivity contribution in [3.63, 3.8) is 0 Å². The number of urea groups is 1. The molecule has 3 rings (SSSR count). The Morgan fingerprint density at radius 2 is 1.76 bits per heavy atom. The molecule has 2 fully saturated rings. The van der Waals surface area contributed by atoms with Gasteiger partial charge in [-0.05, 0) is 37.1 Å². The fourth-order valence-electron chi connectivity index (χ4n) is 2.04. The second kappa shape index (κ2) is 3.55. The summed E-state index contributed by atoms with van der Waals surface area (Å²) < 4.78 is 12.8. The van der Waals surface area contributed by atoms with E-state index < -0.39 is 0 Å². The summed E-state index contributed by atoms with van der Waals surface area (Å²) in [6.07, 6.45) is 1.94. The van der Waals surface area contributed by atoms with Crippen molar-refractivity contribution in [2.24, 2.45) is 0 Å². The molecule has 0 unspecified atom stereocenters. The molecule has 17 heavy (non-hydrogen) atoms. The molecular formula is C12H11FN2O2. The van der Waals surface area contributed by atoms with E-state index in [1.54, 1.807) is 4.90 Å². The Morgan fingerprint density at radius 1 is 1.12 bits per heavy atom. The maximum Gasteiger partial charge on any atom is 0.332 e. The maximum absolute atomic E-state index is 12.8. The summed E-state index contributed by atoms with van der Waals surface area (Å²) in [5, 5.41) is 0. The molecule has 1 saturated carbocycles. The smallest absolute Gasteiger partial charge is 0.312 e. The molecule has 0 aromatic heterocycles. The van der Waals surface area contributed by atoms with Gasteiger partial charge >= 0.3 is 6.03 Å². The van der Waals surface area contributed by atoms with E-state index in [1.807, 2.05) is 0 Å². The first-order valence-corrected chi connectivity index (χ1v) is 5.56. The minimum Gasteiger partial charge on any atom is -0.312 e. The number of carbonyl (C=O) groups excluding carboxylic acids is 2. The van der Waals surface area contributed by atoms with Crippen molar-refractivity contribution in [3.05, 3.63) is 30.1 Å². The van der Waals surface area contributed by atoms with Gasteiger partial charge < -0.3 is 4.90 Å². The van der Waals surface area contributed by atoms with Crippen LogP contribution in [0.1, 0.15) is 12.8 Å². The van der Waals surface area contributed by atoms with Gasteiger partial charge in [-0.25, -0.2) is 14.1 Å². The highest BCUT2D eigenvalue weighted by molar-refractivity contribution is 6.19. The Bertz CT molecular complexity index is 482. The van der Waals surface area contributed by atoms with E-state index in [0.717, 1.165) is 17.7 Å². The molecule has 0 spiro atoms. The third-order valence-electron chi connectivity index (χ3n) is 3.06. The molecule has 88 valence electrons. The fraction of sp³-hybridized carbons (Fsp3) is 0.333. The van der Waals surface area contributed by atoms with Gasteiger partial charge in [-0.3, -0.25) is 4.79 Å². The van der Waals surface area contributed by atoms with E-state index in [4.69, 9.17) is 0 Å². The molecule has 1 aromatic rings. The number of amides is 3. The predicted molar refractivity (Wildman–Crippen MR) is 59.0 cm³/mol. The Balaban J connectivity index is 1.89. The van der Waals surface area contributed by atoms with Crippen LogP contribution in [-0.2, 0) is 4.79 Å². The van der Waals surface area contributed by atoms with Gasteiger partial charge in [-0.1, -0.05) is 0 Å². The molecular weight excluding hydrogens is 223 g/mol. The molecule has 1 aliphatic carbocycles. The van der Waals surface area contributed by atoms with Crippen LogP contribution >= 0.6 is 0 Å². The van der Waals surface area contributed by atoms with Gasteiger partial charge in [0, 0.05) is 6.04 Å². The quantitative estimate of drug-likeness (QED) is 0.731. The highest BCUT2D eigenvalue weighted by atomic mass is 19.1. The molecule has 5 heteroatoms. The van der Waals surface area contributed by atoms with Crippen molar-refractivity contribution in [3.8, 4) is 0 Å². The third kappa shape index (κ3) is 1.67. The number of imide groups is 1. The van der Waals surface area contributed by atoms with Crippen LogP contribution < -0.4 is 4.90 Å². The molecule has 4 nitrogen and oxygen atoms in total. The van der Waals surface area contributed by atoms with E-state index in [2.05, 4.69) is 0 Å². The Hall–Kier alpha value is -1.91. The number of nitrogens with zero attached hydrogens (tertiary/aromatic N) is 2. The molecule has 0 N–H and O–H groups in total. The molecule has 1 aromatic carbocycles. The van der Waals surface area contributed by atoms with Crippen molar-refractivity contribution in [1.29, 1.82) is 0 Å². The highest BCUT2D eigenvalue weighted by Gasteiger charge is 2.44. The van der Waals surface area contributed by atoms with Crippen molar-refractivity contribution >= 4 is 17.6 Å². The van der Waals surface area contributed by atoms with Crippen LogP contribution in [0.15, 0.2) is 24.3 Å². The fourth-order valence-corrected chi connectivity index (χ4v) is 2.04. The standard InChI is InChI=1S/C12H11FN2O2/c13-8-1-3-10(4-2-8)15-11(16)7-14(12(15)17)9-5-6-9/h1-4,9H,5-7H2. The van der Waals surface area contributed by atoms with Crippen LogP contribution in [0.5, 0.6) is 0 Å². The summed E-state index contributed by atoms with van der Waals surface area (Å²) in [7, 11) is 0. The topological polar surface area (TPSA) is 40.6 Å². The SMILES string of the molecule is O=C1CN(C2CC2)C(=O)N1c1ccc(F)cc1. The lowest BCUT2D eigenvalue weighted by Crippen LogP contribution is -2.34. The second-order valence-electron chi connectivity index (χ2n) is 4.35. The average Bonchev–Trinajstić information content (AvgIpc) is 3.09. The van der Waals surface area contributed by atoms with Crippen molar-refractivity contribution in [1.82, 2.24) is 4.90 Å². The van der Waals surface area contributed by atoms with Crippen LogP contribution in [0.25, 0.3) is 0 Å². The first-order chi connectivity index (χ1) is 8.16. The van der Waals surface area contributed by atoms with Gasteiger partial charge in [0.05, 0.1) is 5.69 Å². The van der Waals surface area contributed by atoms with E-state index in [1.165, 1.54) is 24.3 Å². The number of benzene rings is 1. The zero-order valence-electron chi connectivity index (χ0n) is 9.10. The summed E-state index contributed by atoms with van der Waals surface area (Å²) in [5.74, 6) is -0.625. The Morgan fingerprint density at radius 3 is 2.35 bits per heavy atom. The van der Waals surface area contributed by atoms with Gasteiger partial charge in [0.25, 0.3) is 5.91 Å². The van der Waals surface area contributed by atoms with Crippen molar-refractivity contribution in [2.75, 3.05) is 11.4 Å². The lowest BCUT2D eigenvalue weighted by Gasteiger charge is -2.16. The van der Waals surface area contributed by atoms with Crippen LogP contribution in [0.3, 0.4) is 0 Å². The maximum atomic E-state index is 12.8. The van der Waals surface area contributed by atoms with E-state index in [-0.39, 0.29) is 30.3 Å². The van der Waals surface area contributed by atoms with Crippen molar-refractivity contribution in [2.45, 2.75) is 18.9 Å². The number of carbonyl (C=O) groups is 2. The van der Waals surface area contributed by atoms with E-state index in [9.17, 15) is 14.0 Å². The summed E-state index contributed by atoms with van der Waals surface area (Å²) in [4.78, 5) is 26.5. The molecule has 1 aliphatic heterocycles. The summed E-state index contributed by atoms with van der Waals surface area (Å²) in [6.45, 7) is 0.140. The predicted octanol–water partition coefficient (Wildman–Crippen LogP) is 1.76. The van der Waals surface area contributed by atoms with Gasteiger partial charge in [0.2, 0.25) is 0 Å². The van der Waals surface area contributed by atoms with Gasteiger partial charge in [-0.15, -0.1) is 0 Å². The second-order valence-corrected chi connectivity index (χ2v) is 4.35. The summed E-state index contributed by atoms with van der Waals surface area (Å²) in [6, 6.07) is 5.31. The van der Waals surface area contributed by atoms with Crippen molar-refractivity contribution < 1.29 is 14.0 Å². The monoisotopic (exact) mass is 234 g/mol. The summed E-state index contributed by atoms with van der Waals surface area (Å²) >= 11 is 0. The largest absolute Gasteiger partial charge is 0.332 e. The van der Waals surface area contributed by atoms with Crippen LogP contribution in [0.4, 0.5) is 14.9 Å². The third-order valence-corrected chi connectivity index (χ3v) is 3.06. The van der Waals surface area contributed by atoms with Gasteiger partial charge in [0.15, 0.2) is 0 Å². The van der Waals surface area contributed by atoms with E-state index >= 15 is 0 Å². The number of hydrogen-bond acceptors (Lipinski definition) is 2. The zero-order valence-corrected chi connectivity index (χ0v) is 9.10. The first kappa shape index (κ1) is 10.3. The number of halogens is 1. The van der Waals surface area contributed by atoms with Crippen LogP contribution in [-0.4, -0.2) is 29.4 Å². The lowest BCUT2D eigenvalue weighted by atomic mass is 10.3. The molecule has 1 saturated heterocycles. The Labute approximate surface area is 97.6 Å². The minimum atomic E-state index is -0.383. The number of anilines is 1. The molecule has 3 amide bonds. The van der Waals surface area contributed by atoms with Crippen LogP contribution in [0.2, 0.25) is 0 Å². The normalized spacial score (nSPS) is 20.3. The number of hydrogen-bond donors (Lipinski definition) is 0. The molecule has 0 atom stereocenters. The van der Waals surface area contributed by atoms with Gasteiger partial charge in [-0.2, -0.15) is 0 Å². The molecule has 2 aliphatic rings. The molecule has 0 radical (unpaired) electrons. The average molecular weight is 234 g/mol. The Kier molecular flexibility index (Phi) is 2.14. The van der Waals surface area contributed by atoms with Gasteiger partial charge in [0.1, 0.15) is 12.4 Å². The number of rotatable bonds is 2. The van der Waals surface area contributed by atoms with Crippen LogP contribution in [0, 0.1) is 5.82 Å². The minimum absolute atomic E-state index is 0.140.